The minimum atomic E-state index is -3.95. The first-order chi connectivity index (χ1) is 55.2. The predicted molar refractivity (Wildman–Crippen MR) is 485 cm³/mol. The molecule has 0 unspecified atom stereocenters. The largest absolute Gasteiger partial charge is 0.385 e. The molecule has 0 aliphatic carbocycles. The predicted octanol–water partition coefficient (Wildman–Crippen LogP) is 22.5. The summed E-state index contributed by atoms with van der Waals surface area (Å²) >= 11 is 2.47. The Balaban J connectivity index is 0.000000364. The Morgan fingerprint density at radius 3 is 1.00 bits per heavy atom. The summed E-state index contributed by atoms with van der Waals surface area (Å²) in [6.45, 7) is 19.0. The maximum Gasteiger partial charge on any atom is 0.291 e. The Kier molecular flexibility index (Phi) is 52.9. The van der Waals surface area contributed by atoms with Crippen LogP contribution in [0.3, 0.4) is 0 Å². The average Bonchev–Trinajstić information content (AvgIpc) is 1.63. The normalized spacial score (nSPS) is 19.0. The number of ether oxygens (including phenoxy) is 1. The summed E-state index contributed by atoms with van der Waals surface area (Å²) in [7, 11) is -20.9. The number of hydrogen-bond donors (Lipinski definition) is 3. The van der Waals surface area contributed by atoms with E-state index in [2.05, 4.69) is 98.5 Å². The zero-order valence-corrected chi connectivity index (χ0v) is 78.7. The van der Waals surface area contributed by atoms with Crippen molar-refractivity contribution in [1.29, 1.82) is 0 Å². The summed E-state index contributed by atoms with van der Waals surface area (Å²) in [6.07, 6.45) is 70.4. The molecule has 3 aromatic rings. The van der Waals surface area contributed by atoms with Gasteiger partial charge in [0.05, 0.1) is 10.5 Å². The van der Waals surface area contributed by atoms with Crippen molar-refractivity contribution < 1.29 is 55.2 Å². The van der Waals surface area contributed by atoms with Gasteiger partial charge in [0, 0.05) is 80.3 Å². The molecule has 0 spiro atoms. The molecule has 3 aliphatic rings. The molecular formula is C86H147N7O13S9. The number of nitrogens with zero attached hydrogens (tertiary/aromatic N) is 4. The van der Waals surface area contributed by atoms with Gasteiger partial charge in [-0.3, -0.25) is 0 Å². The van der Waals surface area contributed by atoms with Crippen LogP contribution >= 0.6 is 34.0 Å². The summed E-state index contributed by atoms with van der Waals surface area (Å²) in [6, 6.07) is 3.93. The van der Waals surface area contributed by atoms with Crippen molar-refractivity contribution in [3.05, 3.63) is 83.5 Å². The van der Waals surface area contributed by atoms with Gasteiger partial charge in [0.2, 0.25) is 0 Å². The third kappa shape index (κ3) is 38.3. The van der Waals surface area contributed by atoms with Crippen LogP contribution in [-0.2, 0) is 64.5 Å². The first kappa shape index (κ1) is 104. The van der Waals surface area contributed by atoms with Crippen LogP contribution in [0.2, 0.25) is 0 Å². The van der Waals surface area contributed by atoms with E-state index in [1.54, 1.807) is 21.0 Å². The smallest absolute Gasteiger partial charge is 0.291 e. The first-order valence-corrected chi connectivity index (χ1v) is 55.1. The average molecular weight is 1780 g/mol. The molecule has 115 heavy (non-hydrogen) atoms. The van der Waals surface area contributed by atoms with Crippen LogP contribution < -0.4 is 16.0 Å². The van der Waals surface area contributed by atoms with Gasteiger partial charge < -0.3 is 20.7 Å². The molecule has 29 heteroatoms. The van der Waals surface area contributed by atoms with Gasteiger partial charge in [0.1, 0.15) is 25.3 Å². The van der Waals surface area contributed by atoms with E-state index in [4.69, 9.17) is 4.74 Å². The molecule has 0 aromatic carbocycles. The zero-order valence-electron chi connectivity index (χ0n) is 71.4. The van der Waals surface area contributed by atoms with Gasteiger partial charge in [-0.1, -0.05) is 225 Å². The third-order valence-corrected chi connectivity index (χ3v) is 37.4. The molecule has 3 N–H and O–H groups in total. The van der Waals surface area contributed by atoms with Gasteiger partial charge in [-0.05, 0) is 193 Å². The maximum atomic E-state index is 13.2. The van der Waals surface area contributed by atoms with Crippen molar-refractivity contribution in [2.75, 3.05) is 46.4 Å². The van der Waals surface area contributed by atoms with E-state index in [0.29, 0.717) is 88.0 Å². The van der Waals surface area contributed by atoms with E-state index in [9.17, 15) is 50.5 Å². The molecule has 5 atom stereocenters. The molecular weight excluding hydrogens is 1630 g/mol. The van der Waals surface area contributed by atoms with E-state index in [1.165, 1.54) is 195 Å². The van der Waals surface area contributed by atoms with Crippen molar-refractivity contribution in [2.45, 2.75) is 385 Å². The summed E-state index contributed by atoms with van der Waals surface area (Å²) < 4.78 is 173. The fraction of sp³-hybridized carbons (Fsp3) is 0.733. The van der Waals surface area contributed by atoms with E-state index >= 15 is 0 Å². The molecule has 3 aliphatic heterocycles. The summed E-state index contributed by atoms with van der Waals surface area (Å²) in [5.74, 6) is 0. The number of thiophene rings is 3. The fourth-order valence-electron chi connectivity index (χ4n) is 14.1. The lowest BCUT2D eigenvalue weighted by atomic mass is 10.1. The molecule has 6 heterocycles. The number of fused-ring (bicyclic) bond motifs is 3. The highest BCUT2D eigenvalue weighted by Crippen LogP contribution is 2.46. The van der Waals surface area contributed by atoms with Gasteiger partial charge >= 0.3 is 0 Å². The Bertz CT molecular complexity index is 4120. The van der Waals surface area contributed by atoms with Crippen molar-refractivity contribution in [3.63, 3.8) is 0 Å². The second-order valence-corrected chi connectivity index (χ2v) is 46.7. The zero-order chi connectivity index (χ0) is 84.3. The highest BCUT2D eigenvalue weighted by molar-refractivity contribution is 7.97. The lowest BCUT2D eigenvalue weighted by molar-refractivity contribution is 0.185. The summed E-state index contributed by atoms with van der Waals surface area (Å²) in [5.41, 5.74) is 1.65. The summed E-state index contributed by atoms with van der Waals surface area (Å²) in [4.78, 5) is 0. The van der Waals surface area contributed by atoms with Crippen LogP contribution in [0.5, 0.6) is 0 Å². The molecule has 658 valence electrons. The molecule has 0 amide bonds. The highest BCUT2D eigenvalue weighted by atomic mass is 32.3. The lowest BCUT2D eigenvalue weighted by Gasteiger charge is -2.32. The van der Waals surface area contributed by atoms with Crippen LogP contribution in [0.15, 0.2) is 105 Å². The molecule has 6 rings (SSSR count). The van der Waals surface area contributed by atoms with E-state index < -0.39 is 70.3 Å². The molecule has 0 radical (unpaired) electrons. The van der Waals surface area contributed by atoms with Crippen molar-refractivity contribution in [3.8, 4) is 0 Å². The molecule has 20 nitrogen and oxygen atoms in total. The monoisotopic (exact) mass is 1770 g/mol. The third-order valence-electron chi connectivity index (χ3n) is 20.9. The SMILES string of the molecule is CCCCC/C=C/C/C=C/CCCCCCCC=NS(=O)(=O)c1cc2c(s1)S(=O)(=O)[C@@H](C)C[C@@H]2NCC.CCCCCCCC/C=C/CCCCCCCC=NS(=O)(=O)c1cc2c(s1)S(=O)(=O)N(CCCOC)C[C@@H]2NCC.CCCCCCCC/C=C/CCCCCCCC=NS(=O)(=O)c1cc2c(s1)S(=O)(=O)[C@@H](C)C[C@@H]2NCC. The highest BCUT2D eigenvalue weighted by Gasteiger charge is 2.43. The summed E-state index contributed by atoms with van der Waals surface area (Å²) in [5, 5.41) is 8.78. The number of sulfonamides is 4. The maximum absolute atomic E-state index is 13.2. The number of allylic oxidation sites excluding steroid dienone is 8. The van der Waals surface area contributed by atoms with Crippen LogP contribution in [-0.4, -0.2) is 130 Å². The van der Waals surface area contributed by atoms with E-state index in [-0.39, 0.29) is 49.9 Å². The van der Waals surface area contributed by atoms with Crippen molar-refractivity contribution in [2.24, 2.45) is 13.2 Å². The molecule has 0 saturated heterocycles. The molecule has 0 fully saturated rings. The van der Waals surface area contributed by atoms with E-state index in [1.807, 2.05) is 20.8 Å². The Morgan fingerprint density at radius 1 is 0.391 bits per heavy atom. The van der Waals surface area contributed by atoms with Crippen LogP contribution in [0.1, 0.15) is 366 Å². The second kappa shape index (κ2) is 58.6. The van der Waals surface area contributed by atoms with Crippen LogP contribution in [0.25, 0.3) is 0 Å². The van der Waals surface area contributed by atoms with Crippen molar-refractivity contribution >= 4 is 112 Å². The van der Waals surface area contributed by atoms with Gasteiger partial charge in [0.15, 0.2) is 19.7 Å². The standard InChI is InChI=1S/C30H53N3O5S3.C28H48N2O4S3.C28H46N2O4S3/c1-4-6-7-8-9-10-11-12-13-14-15-16-17-18-19-20-22-32-40(34,35)29-25-27-28(31-5-2)26-33(23-21-24-38-3)41(36,37)30(27)39-29;2*1-4-6-7-8-9-10-11-12-13-14-15-16-17-18-19-20-21-30-37(33,34)27-23-25-26(29-5-2)22-24(3)36(31,32)28(25)35-27/h12-13,22,25,28,31H,4-11,14-21,23-24,26H2,1-3H3;12-13,21,23-24,26,29H,4-11,14-20,22H2,1-3H3;9-10,12-13,21,23-24,26,29H,4-8,11,14-20,22H2,1-3H3/b13-12+,32-22?;13-12+,30-21?;10-9+,13-12+,30-21?/t28-;2*24-,26-/m000/s1. The number of methoxy groups -OCH3 is 1. The van der Waals surface area contributed by atoms with Gasteiger partial charge in [-0.2, -0.15) is 42.8 Å². The topological polar surface area (TPSA) is 290 Å². The number of rotatable bonds is 60. The number of likely N-dealkylation sites (N-methyl/N-ethyl adjacent to an activating group) is 1. The van der Waals surface area contributed by atoms with Gasteiger partial charge in [0.25, 0.3) is 40.1 Å². The van der Waals surface area contributed by atoms with Gasteiger partial charge in [-0.15, -0.1) is 34.0 Å². The quantitative estimate of drug-likeness (QED) is 0.0269. The molecule has 0 bridgehead atoms. The number of sulfone groups is 2. The van der Waals surface area contributed by atoms with Crippen molar-refractivity contribution in [1.82, 2.24) is 20.3 Å². The molecule has 3 aromatic heterocycles. The Hall–Kier alpha value is -3.43. The Labute approximate surface area is 710 Å². The second-order valence-electron chi connectivity index (χ2n) is 30.7. The first-order valence-electron chi connectivity index (χ1n) is 43.8. The Morgan fingerprint density at radius 2 is 0.670 bits per heavy atom. The minimum absolute atomic E-state index is 0.00867. The minimum Gasteiger partial charge on any atom is -0.385 e. The number of hydrogen-bond acceptors (Lipinski definition) is 19. The van der Waals surface area contributed by atoms with Crippen LogP contribution in [0, 0.1) is 0 Å². The lowest BCUT2D eigenvalue weighted by Crippen LogP contribution is -2.43. The number of unbranched alkanes of at least 4 members (excludes halogenated alkanes) is 33. The van der Waals surface area contributed by atoms with Crippen LogP contribution in [0.4, 0.5) is 0 Å². The fourth-order valence-corrected chi connectivity index (χ4v) is 28.6. The molecule has 0 saturated carbocycles. The van der Waals surface area contributed by atoms with E-state index in [0.717, 1.165) is 117 Å². The van der Waals surface area contributed by atoms with Gasteiger partial charge in [-0.25, -0.2) is 25.3 Å². The number of nitrogens with one attached hydrogen (secondary N) is 3.